The Kier molecular flexibility index (Phi) is 7.36. The molecule has 13 heteroatoms. The van der Waals surface area contributed by atoms with Crippen molar-refractivity contribution in [3.05, 3.63) is 53.1 Å². The molecule has 0 spiro atoms. The Morgan fingerprint density at radius 2 is 2.03 bits per heavy atom. The molecule has 0 radical (unpaired) electrons. The lowest BCUT2D eigenvalue weighted by Gasteiger charge is -2.43. The molecule has 2 atom stereocenters. The van der Waals surface area contributed by atoms with Crippen LogP contribution in [0.5, 0.6) is 5.75 Å². The van der Waals surface area contributed by atoms with Crippen LogP contribution in [0.2, 0.25) is 0 Å². The van der Waals surface area contributed by atoms with Crippen LogP contribution in [-0.2, 0) is 6.18 Å². The highest BCUT2D eigenvalue weighted by Gasteiger charge is 2.47. The van der Waals surface area contributed by atoms with Gasteiger partial charge in [-0.1, -0.05) is 19.1 Å². The lowest BCUT2D eigenvalue weighted by atomic mass is 9.88. The van der Waals surface area contributed by atoms with E-state index >= 15 is 0 Å². The third-order valence-electron chi connectivity index (χ3n) is 6.04. The van der Waals surface area contributed by atoms with E-state index < -0.39 is 48.6 Å². The van der Waals surface area contributed by atoms with Crippen molar-refractivity contribution >= 4 is 23.1 Å². The summed E-state index contributed by atoms with van der Waals surface area (Å²) < 4.78 is 72.8. The number of likely N-dealkylation sites (tertiary alicyclic amines) is 1. The van der Waals surface area contributed by atoms with Gasteiger partial charge in [0, 0.05) is 13.0 Å². The molecule has 3 heterocycles. The number of alkyl halides is 5. The van der Waals surface area contributed by atoms with Crippen LogP contribution >= 0.6 is 11.3 Å². The molecule has 0 aliphatic carbocycles. The van der Waals surface area contributed by atoms with Gasteiger partial charge in [0.2, 0.25) is 0 Å². The van der Waals surface area contributed by atoms with Gasteiger partial charge in [-0.05, 0) is 30.5 Å². The number of hydrogen-bond acceptors (Lipinski definition) is 7. The van der Waals surface area contributed by atoms with Crippen LogP contribution in [0.25, 0.3) is 10.4 Å². The Bertz CT molecular complexity index is 1270. The number of aryl methyl sites for hydroxylation is 1. The van der Waals surface area contributed by atoms with Gasteiger partial charge in [0.25, 0.3) is 11.8 Å². The smallest absolute Gasteiger partial charge is 0.434 e. The first-order valence-corrected chi connectivity index (χ1v) is 12.1. The Morgan fingerprint density at radius 3 is 2.68 bits per heavy atom. The van der Waals surface area contributed by atoms with Crippen molar-refractivity contribution in [2.45, 2.75) is 38.4 Å². The molecule has 1 aliphatic rings. The lowest BCUT2D eigenvalue weighted by Crippen LogP contribution is -2.57. The second-order valence-corrected chi connectivity index (χ2v) is 10.0. The maximum Gasteiger partial charge on any atom is 0.434 e. The van der Waals surface area contributed by atoms with Crippen molar-refractivity contribution in [1.29, 1.82) is 0 Å². The van der Waals surface area contributed by atoms with Gasteiger partial charge >= 0.3 is 6.18 Å². The molecule has 0 saturated carbocycles. The highest BCUT2D eigenvalue weighted by atomic mass is 32.1. The molecule has 4 rings (SSSR count). The maximum absolute atomic E-state index is 14.6. The number of aromatic nitrogens is 3. The Morgan fingerprint density at radius 1 is 1.27 bits per heavy atom. The average molecular weight is 542 g/mol. The summed E-state index contributed by atoms with van der Waals surface area (Å²) in [6, 6.07) is 6.32. The second kappa shape index (κ2) is 10.2. The summed E-state index contributed by atoms with van der Waals surface area (Å²) in [5, 5.41) is 3.43. The number of benzene rings is 1. The van der Waals surface area contributed by atoms with Gasteiger partial charge in [-0.3, -0.25) is 4.79 Å². The summed E-state index contributed by atoms with van der Waals surface area (Å²) >= 11 is 1.27. The number of carbonyl (C=O) groups is 1. The van der Waals surface area contributed by atoms with E-state index in [1.165, 1.54) is 18.4 Å². The molecule has 1 amide bonds. The topological polar surface area (TPSA) is 80.2 Å². The van der Waals surface area contributed by atoms with Crippen molar-refractivity contribution in [2.24, 2.45) is 5.92 Å². The Labute approximate surface area is 213 Å². The molecule has 1 aromatic carbocycles. The van der Waals surface area contributed by atoms with E-state index in [0.717, 1.165) is 11.1 Å². The quantitative estimate of drug-likeness (QED) is 0.413. The van der Waals surface area contributed by atoms with Crippen molar-refractivity contribution in [1.82, 2.24) is 19.9 Å². The number of thiazole rings is 1. The van der Waals surface area contributed by atoms with Gasteiger partial charge in [-0.25, -0.2) is 23.7 Å². The summed E-state index contributed by atoms with van der Waals surface area (Å²) in [6.45, 7) is 2.50. The van der Waals surface area contributed by atoms with Crippen LogP contribution in [0, 0.1) is 12.8 Å². The molecule has 1 aliphatic heterocycles. The minimum absolute atomic E-state index is 0.0133. The molecule has 0 bridgehead atoms. The number of piperidine rings is 1. The summed E-state index contributed by atoms with van der Waals surface area (Å²) in [5.41, 5.74) is -0.427. The number of halogens is 5. The lowest BCUT2D eigenvalue weighted by molar-refractivity contribution is -0.141. The van der Waals surface area contributed by atoms with Crippen molar-refractivity contribution in [2.75, 3.05) is 25.5 Å². The predicted molar refractivity (Wildman–Crippen MR) is 128 cm³/mol. The number of methoxy groups -OCH3 is 1. The molecule has 37 heavy (non-hydrogen) atoms. The monoisotopic (exact) mass is 541 g/mol. The second-order valence-electron chi connectivity index (χ2n) is 8.85. The fraction of sp³-hybridized carbons (Fsp3) is 0.417. The molecule has 2 aromatic heterocycles. The van der Waals surface area contributed by atoms with E-state index in [-0.39, 0.29) is 18.1 Å². The van der Waals surface area contributed by atoms with E-state index in [0.29, 0.717) is 27.4 Å². The molecule has 7 nitrogen and oxygen atoms in total. The maximum atomic E-state index is 14.6. The van der Waals surface area contributed by atoms with Gasteiger partial charge in [-0.2, -0.15) is 13.2 Å². The van der Waals surface area contributed by atoms with Crippen molar-refractivity contribution in [3.63, 3.8) is 0 Å². The van der Waals surface area contributed by atoms with Gasteiger partial charge < -0.3 is 15.0 Å². The standard InChI is InChI=1S/C24H24F5N5O2S/c1-13-8-23(25,26)12-34(17(13)9-31-19-11-30-18(10-32-19)24(27,28)29)22(35)20-21(37-14(2)33-20)15-5-4-6-16(7-15)36-3/h4-7,10-11,13,17H,8-9,12H2,1-3H3,(H,31,32). The number of carbonyl (C=O) groups excluding carboxylic acids is 1. The molecule has 3 aromatic rings. The first-order chi connectivity index (χ1) is 17.4. The first kappa shape index (κ1) is 26.7. The summed E-state index contributed by atoms with van der Waals surface area (Å²) in [7, 11) is 1.51. The fourth-order valence-corrected chi connectivity index (χ4v) is 5.23. The third-order valence-corrected chi connectivity index (χ3v) is 7.06. The minimum Gasteiger partial charge on any atom is -0.497 e. The summed E-state index contributed by atoms with van der Waals surface area (Å²) in [6.07, 6.45) is -3.57. The SMILES string of the molecule is COc1cccc(-c2sc(C)nc2C(=O)N2CC(F)(F)CC(C)C2CNc2cnc(C(F)(F)F)cn2)c1. The van der Waals surface area contributed by atoms with E-state index in [2.05, 4.69) is 20.3 Å². The normalized spacial score (nSPS) is 19.5. The summed E-state index contributed by atoms with van der Waals surface area (Å²) in [4.78, 5) is 26.8. The van der Waals surface area contributed by atoms with E-state index in [4.69, 9.17) is 4.74 Å². The molecular weight excluding hydrogens is 517 g/mol. The van der Waals surface area contributed by atoms with Crippen LogP contribution in [0.3, 0.4) is 0 Å². The molecule has 1 fully saturated rings. The van der Waals surface area contributed by atoms with Gasteiger partial charge in [-0.15, -0.1) is 11.3 Å². The number of nitrogens with one attached hydrogen (secondary N) is 1. The zero-order valence-electron chi connectivity index (χ0n) is 20.1. The first-order valence-electron chi connectivity index (χ1n) is 11.3. The van der Waals surface area contributed by atoms with E-state index in [1.54, 1.807) is 38.1 Å². The van der Waals surface area contributed by atoms with Crippen LogP contribution in [-0.4, -0.2) is 57.9 Å². The average Bonchev–Trinajstić information content (AvgIpc) is 3.23. The summed E-state index contributed by atoms with van der Waals surface area (Å²) in [5.74, 6) is -3.78. The van der Waals surface area contributed by atoms with Crippen LogP contribution in [0.4, 0.5) is 27.8 Å². The zero-order valence-corrected chi connectivity index (χ0v) is 21.0. The number of anilines is 1. The number of amides is 1. The molecular formula is C24H24F5N5O2S. The molecule has 1 N–H and O–H groups in total. The van der Waals surface area contributed by atoms with Gasteiger partial charge in [0.15, 0.2) is 5.69 Å². The van der Waals surface area contributed by atoms with Gasteiger partial charge in [0.1, 0.15) is 17.3 Å². The van der Waals surface area contributed by atoms with E-state index in [9.17, 15) is 26.7 Å². The van der Waals surface area contributed by atoms with Crippen LogP contribution in [0.1, 0.15) is 34.5 Å². The Hall–Kier alpha value is -3.35. The number of nitrogens with zero attached hydrogens (tertiary/aromatic N) is 4. The highest BCUT2D eigenvalue weighted by Crippen LogP contribution is 2.38. The third kappa shape index (κ3) is 5.97. The van der Waals surface area contributed by atoms with Crippen LogP contribution in [0.15, 0.2) is 36.7 Å². The zero-order chi connectivity index (χ0) is 27.0. The van der Waals surface area contributed by atoms with Crippen LogP contribution < -0.4 is 10.1 Å². The number of ether oxygens (including phenoxy) is 1. The van der Waals surface area contributed by atoms with E-state index in [1.807, 2.05) is 0 Å². The largest absolute Gasteiger partial charge is 0.497 e. The minimum atomic E-state index is -4.63. The molecule has 2 unspecified atom stereocenters. The van der Waals surface area contributed by atoms with Crippen molar-refractivity contribution in [3.8, 4) is 16.2 Å². The highest BCUT2D eigenvalue weighted by molar-refractivity contribution is 7.15. The van der Waals surface area contributed by atoms with Gasteiger partial charge in [0.05, 0.1) is 42.0 Å². The molecule has 198 valence electrons. The Balaban J connectivity index is 1.62. The number of hydrogen-bond donors (Lipinski definition) is 1. The molecule has 1 saturated heterocycles. The predicted octanol–water partition coefficient (Wildman–Crippen LogP) is 5.53. The number of rotatable bonds is 6. The fourth-order valence-electron chi connectivity index (χ4n) is 4.32. The van der Waals surface area contributed by atoms with Crippen molar-refractivity contribution < 1.29 is 31.5 Å².